The van der Waals surface area contributed by atoms with Crippen molar-refractivity contribution in [2.24, 2.45) is 0 Å². The minimum atomic E-state index is -0.360. The molecule has 5 heteroatoms. The van der Waals surface area contributed by atoms with Gasteiger partial charge >= 0.3 is 0 Å². The maximum absolute atomic E-state index is 11.0. The zero-order valence-electron chi connectivity index (χ0n) is 15.7. The molecule has 2 heterocycles. The van der Waals surface area contributed by atoms with Gasteiger partial charge in [-0.05, 0) is 55.3 Å². The quantitative estimate of drug-likeness (QED) is 0.477. The van der Waals surface area contributed by atoms with Crippen molar-refractivity contribution < 1.29 is 10.2 Å². The number of hydrogen-bond donors (Lipinski definition) is 3. The third-order valence-corrected chi connectivity index (χ3v) is 4.75. The van der Waals surface area contributed by atoms with Gasteiger partial charge < -0.3 is 15.5 Å². The van der Waals surface area contributed by atoms with Gasteiger partial charge in [-0.3, -0.25) is 0 Å². The van der Waals surface area contributed by atoms with E-state index in [4.69, 9.17) is 0 Å². The minimum Gasteiger partial charge on any atom is -0.508 e. The third-order valence-electron chi connectivity index (χ3n) is 4.75. The maximum atomic E-state index is 11.0. The van der Waals surface area contributed by atoms with Crippen LogP contribution in [0, 0.1) is 13.8 Å². The van der Waals surface area contributed by atoms with Crippen LogP contribution in [0.15, 0.2) is 66.9 Å². The Bertz CT molecular complexity index is 1140. The Hall–Kier alpha value is -3.60. The van der Waals surface area contributed by atoms with Gasteiger partial charge in [0.25, 0.3) is 0 Å². The van der Waals surface area contributed by atoms with Crippen molar-refractivity contribution in [3.05, 3.63) is 89.2 Å². The van der Waals surface area contributed by atoms with Crippen molar-refractivity contribution in [3.8, 4) is 11.5 Å². The molecule has 140 valence electrons. The Balaban J connectivity index is 1.86. The SMILES string of the molecule is Cc1ccnc(NC(c2ccc(O)cc2)c2ccc3ccc(C)nc3c2O)c1. The molecule has 1 atom stereocenters. The zero-order valence-corrected chi connectivity index (χ0v) is 15.7. The van der Waals surface area contributed by atoms with Crippen LogP contribution in [0.25, 0.3) is 10.9 Å². The van der Waals surface area contributed by atoms with E-state index in [-0.39, 0.29) is 17.5 Å². The molecule has 1 unspecified atom stereocenters. The summed E-state index contributed by atoms with van der Waals surface area (Å²) in [6.07, 6.45) is 1.75. The van der Waals surface area contributed by atoms with Crippen molar-refractivity contribution in [1.29, 1.82) is 0 Å². The summed E-state index contributed by atoms with van der Waals surface area (Å²) in [4.78, 5) is 8.91. The number of phenolic OH excluding ortho intramolecular Hbond substituents is 2. The van der Waals surface area contributed by atoms with Crippen LogP contribution in [0.3, 0.4) is 0 Å². The summed E-state index contributed by atoms with van der Waals surface area (Å²) in [7, 11) is 0. The Morgan fingerprint density at radius 3 is 2.39 bits per heavy atom. The molecule has 0 bridgehead atoms. The van der Waals surface area contributed by atoms with Gasteiger partial charge in [-0.2, -0.15) is 0 Å². The monoisotopic (exact) mass is 371 g/mol. The summed E-state index contributed by atoms with van der Waals surface area (Å²) in [5.74, 6) is 1.03. The molecule has 0 fully saturated rings. The lowest BCUT2D eigenvalue weighted by atomic mass is 9.96. The Labute approximate surface area is 163 Å². The van der Waals surface area contributed by atoms with Crippen LogP contribution in [0.1, 0.15) is 28.4 Å². The van der Waals surface area contributed by atoms with Crippen molar-refractivity contribution >= 4 is 16.7 Å². The van der Waals surface area contributed by atoms with E-state index < -0.39 is 0 Å². The highest BCUT2D eigenvalue weighted by Crippen LogP contribution is 2.36. The van der Waals surface area contributed by atoms with Crippen LogP contribution in [0.5, 0.6) is 11.5 Å². The normalized spacial score (nSPS) is 12.1. The molecule has 2 aromatic carbocycles. The number of nitrogens with zero attached hydrogens (tertiary/aromatic N) is 2. The minimum absolute atomic E-state index is 0.138. The molecule has 3 N–H and O–H groups in total. The fraction of sp³-hybridized carbons (Fsp3) is 0.130. The summed E-state index contributed by atoms with van der Waals surface area (Å²) in [5, 5.41) is 25.0. The maximum Gasteiger partial charge on any atom is 0.147 e. The number of rotatable bonds is 4. The second kappa shape index (κ2) is 7.19. The number of nitrogens with one attached hydrogen (secondary N) is 1. The lowest BCUT2D eigenvalue weighted by Gasteiger charge is -2.22. The summed E-state index contributed by atoms with van der Waals surface area (Å²) in [6, 6.07) is 18.2. The van der Waals surface area contributed by atoms with E-state index in [1.165, 1.54) is 0 Å². The van der Waals surface area contributed by atoms with Crippen molar-refractivity contribution in [2.75, 3.05) is 5.32 Å². The van der Waals surface area contributed by atoms with E-state index >= 15 is 0 Å². The predicted octanol–water partition coefficient (Wildman–Crippen LogP) is 4.86. The van der Waals surface area contributed by atoms with Gasteiger partial charge in [-0.25, -0.2) is 9.97 Å². The van der Waals surface area contributed by atoms with E-state index in [1.54, 1.807) is 18.3 Å². The fourth-order valence-electron chi connectivity index (χ4n) is 3.29. The summed E-state index contributed by atoms with van der Waals surface area (Å²) in [6.45, 7) is 3.90. The van der Waals surface area contributed by atoms with Gasteiger partial charge in [0.2, 0.25) is 0 Å². The van der Waals surface area contributed by atoms with Crippen LogP contribution < -0.4 is 5.32 Å². The standard InChI is InChI=1S/C23H21N3O2/c1-14-11-12-24-20(13-14)26-21(16-5-8-18(27)9-6-16)19-10-7-17-4-3-15(2)25-22(17)23(19)28/h3-13,21,27-28H,1-2H3,(H,24,26). The van der Waals surface area contributed by atoms with Gasteiger partial charge in [-0.1, -0.05) is 30.3 Å². The molecule has 0 saturated carbocycles. The topological polar surface area (TPSA) is 78.3 Å². The van der Waals surface area contributed by atoms with E-state index in [2.05, 4.69) is 15.3 Å². The van der Waals surface area contributed by atoms with Crippen molar-refractivity contribution in [1.82, 2.24) is 9.97 Å². The van der Waals surface area contributed by atoms with E-state index in [0.29, 0.717) is 16.9 Å². The fourth-order valence-corrected chi connectivity index (χ4v) is 3.29. The molecule has 5 nitrogen and oxygen atoms in total. The van der Waals surface area contributed by atoms with Gasteiger partial charge in [0.1, 0.15) is 22.8 Å². The van der Waals surface area contributed by atoms with Gasteiger partial charge in [0.15, 0.2) is 0 Å². The Morgan fingerprint density at radius 2 is 1.64 bits per heavy atom. The number of fused-ring (bicyclic) bond motifs is 1. The lowest BCUT2D eigenvalue weighted by molar-refractivity contribution is 0.471. The summed E-state index contributed by atoms with van der Waals surface area (Å²) in [5.41, 5.74) is 4.08. The lowest BCUT2D eigenvalue weighted by Crippen LogP contribution is -2.14. The average molecular weight is 371 g/mol. The van der Waals surface area contributed by atoms with Gasteiger partial charge in [-0.15, -0.1) is 0 Å². The first-order chi connectivity index (χ1) is 13.5. The second-order valence-corrected chi connectivity index (χ2v) is 6.92. The Morgan fingerprint density at radius 1 is 0.893 bits per heavy atom. The highest BCUT2D eigenvalue weighted by molar-refractivity contribution is 5.86. The number of aromatic nitrogens is 2. The van der Waals surface area contributed by atoms with Crippen molar-refractivity contribution in [3.63, 3.8) is 0 Å². The third kappa shape index (κ3) is 3.47. The smallest absolute Gasteiger partial charge is 0.147 e. The van der Waals surface area contributed by atoms with Gasteiger partial charge in [0.05, 0.1) is 6.04 Å². The first kappa shape index (κ1) is 17.8. The number of aromatic hydroxyl groups is 2. The molecule has 0 aliphatic carbocycles. The molecule has 0 spiro atoms. The average Bonchev–Trinajstić information content (AvgIpc) is 2.68. The molecule has 0 aliphatic rings. The Kier molecular flexibility index (Phi) is 4.57. The molecule has 4 aromatic rings. The number of aryl methyl sites for hydroxylation is 2. The first-order valence-corrected chi connectivity index (χ1v) is 9.08. The number of phenols is 2. The summed E-state index contributed by atoms with van der Waals surface area (Å²) >= 11 is 0. The van der Waals surface area contributed by atoms with Crippen LogP contribution in [0.2, 0.25) is 0 Å². The molecule has 4 rings (SSSR count). The first-order valence-electron chi connectivity index (χ1n) is 9.08. The van der Waals surface area contributed by atoms with Crippen molar-refractivity contribution in [2.45, 2.75) is 19.9 Å². The highest BCUT2D eigenvalue weighted by Gasteiger charge is 2.20. The molecule has 28 heavy (non-hydrogen) atoms. The molecular weight excluding hydrogens is 350 g/mol. The molecule has 0 radical (unpaired) electrons. The molecular formula is C23H21N3O2. The molecule has 2 aromatic heterocycles. The molecule has 0 aliphatic heterocycles. The number of pyridine rings is 2. The van der Waals surface area contributed by atoms with Gasteiger partial charge in [0, 0.05) is 22.8 Å². The van der Waals surface area contributed by atoms with Crippen LogP contribution in [0.4, 0.5) is 5.82 Å². The zero-order chi connectivity index (χ0) is 19.7. The highest BCUT2D eigenvalue weighted by atomic mass is 16.3. The largest absolute Gasteiger partial charge is 0.508 e. The number of hydrogen-bond acceptors (Lipinski definition) is 5. The second-order valence-electron chi connectivity index (χ2n) is 6.92. The number of benzene rings is 2. The van der Waals surface area contributed by atoms with E-state index in [0.717, 1.165) is 22.2 Å². The van der Waals surface area contributed by atoms with E-state index in [1.807, 2.05) is 62.4 Å². The van der Waals surface area contributed by atoms with Crippen LogP contribution in [-0.2, 0) is 0 Å². The molecule has 0 saturated heterocycles. The number of anilines is 1. The molecule has 0 amide bonds. The van der Waals surface area contributed by atoms with Crippen LogP contribution >= 0.6 is 0 Å². The summed E-state index contributed by atoms with van der Waals surface area (Å²) < 4.78 is 0. The predicted molar refractivity (Wildman–Crippen MR) is 111 cm³/mol. The van der Waals surface area contributed by atoms with Crippen LogP contribution in [-0.4, -0.2) is 20.2 Å². The van der Waals surface area contributed by atoms with E-state index in [9.17, 15) is 10.2 Å².